The van der Waals surface area contributed by atoms with Crippen LogP contribution >= 0.6 is 0 Å². The van der Waals surface area contributed by atoms with E-state index in [0.29, 0.717) is 0 Å². The molecule has 6 heteroatoms. The van der Waals surface area contributed by atoms with E-state index in [0.717, 1.165) is 12.4 Å². The number of carboxylic acid groups (broad SMARTS) is 2. The highest BCUT2D eigenvalue weighted by molar-refractivity contribution is 6.01. The van der Waals surface area contributed by atoms with Crippen molar-refractivity contribution in [1.29, 1.82) is 0 Å². The largest absolute Gasteiger partial charge is 0.478 e. The van der Waals surface area contributed by atoms with E-state index in [9.17, 15) is 9.59 Å². The fourth-order valence-corrected chi connectivity index (χ4v) is 2.11. The summed E-state index contributed by atoms with van der Waals surface area (Å²) in [4.78, 5) is 27.6. The summed E-state index contributed by atoms with van der Waals surface area (Å²) in [6, 6.07) is 5.48. The molecule has 1 aromatic carbocycles. The fourth-order valence-electron chi connectivity index (χ4n) is 2.11. The van der Waals surface area contributed by atoms with E-state index in [1.165, 1.54) is 24.3 Å². The Morgan fingerprint density at radius 3 is 1.76 bits per heavy atom. The van der Waals surface area contributed by atoms with Crippen molar-refractivity contribution in [2.45, 2.75) is 26.3 Å². The zero-order valence-electron chi connectivity index (χ0n) is 12.6. The Kier molecular flexibility index (Phi) is 5.07. The highest BCUT2D eigenvalue weighted by Crippen LogP contribution is 2.17. The molecule has 21 heavy (non-hydrogen) atoms. The van der Waals surface area contributed by atoms with Crippen LogP contribution in [0.25, 0.3) is 0 Å². The fraction of sp³-hybridized carbons (Fsp3) is 0.400. The number of aromatic carboxylic acids is 2. The molecule has 0 fully saturated rings. The zero-order chi connectivity index (χ0) is 16.2. The molecular weight excluding hydrogens is 272 g/mol. The molecule has 1 aliphatic rings. The maximum absolute atomic E-state index is 10.5. The van der Waals surface area contributed by atoms with Gasteiger partial charge in [-0.25, -0.2) is 9.59 Å². The van der Waals surface area contributed by atoms with Gasteiger partial charge in [0.15, 0.2) is 0 Å². The van der Waals surface area contributed by atoms with Crippen molar-refractivity contribution in [1.82, 2.24) is 4.90 Å². The third-order valence-electron chi connectivity index (χ3n) is 3.03. The number of likely N-dealkylation sites (N-methyl/N-ethyl adjacent to an activating group) is 1. The second kappa shape index (κ2) is 6.39. The molecule has 0 aromatic heterocycles. The van der Waals surface area contributed by atoms with Crippen LogP contribution in [0.2, 0.25) is 0 Å². The molecular formula is C15H20N2O4. The minimum Gasteiger partial charge on any atom is -0.478 e. The minimum absolute atomic E-state index is 0.152. The summed E-state index contributed by atoms with van der Waals surface area (Å²) in [6.45, 7) is 7.41. The van der Waals surface area contributed by atoms with Crippen molar-refractivity contribution in [2.75, 3.05) is 13.6 Å². The van der Waals surface area contributed by atoms with Crippen LogP contribution in [0.1, 0.15) is 41.5 Å². The first-order chi connectivity index (χ1) is 9.64. The lowest BCUT2D eigenvalue weighted by atomic mass is 10.1. The van der Waals surface area contributed by atoms with Crippen LogP contribution in [0.3, 0.4) is 0 Å². The third-order valence-corrected chi connectivity index (χ3v) is 3.03. The molecule has 0 bridgehead atoms. The average molecular weight is 292 g/mol. The zero-order valence-corrected chi connectivity index (χ0v) is 12.6. The molecule has 114 valence electrons. The molecule has 0 saturated carbocycles. The van der Waals surface area contributed by atoms with Gasteiger partial charge in [0.25, 0.3) is 0 Å². The van der Waals surface area contributed by atoms with Crippen LogP contribution in [0, 0.1) is 0 Å². The van der Waals surface area contributed by atoms with Crippen LogP contribution in [0.4, 0.5) is 0 Å². The number of carbonyl (C=O) groups is 2. The highest BCUT2D eigenvalue weighted by atomic mass is 16.4. The summed E-state index contributed by atoms with van der Waals surface area (Å²) in [5.74, 6) is -1.30. The van der Waals surface area contributed by atoms with Crippen molar-refractivity contribution >= 4 is 17.8 Å². The maximum Gasteiger partial charge on any atom is 0.336 e. The monoisotopic (exact) mass is 292 g/mol. The normalized spacial score (nSPS) is 15.8. The Morgan fingerprint density at radius 2 is 1.57 bits per heavy atom. The molecule has 6 nitrogen and oxygen atoms in total. The second-order valence-corrected chi connectivity index (χ2v) is 5.48. The summed E-state index contributed by atoms with van der Waals surface area (Å²) >= 11 is 0. The molecule has 2 N–H and O–H groups in total. The number of amidine groups is 1. The number of aliphatic imine (C=N–C) groups is 1. The number of rotatable bonds is 2. The lowest BCUT2D eigenvalue weighted by Crippen LogP contribution is -2.27. The van der Waals surface area contributed by atoms with Gasteiger partial charge in [-0.3, -0.25) is 4.99 Å². The van der Waals surface area contributed by atoms with Crippen LogP contribution < -0.4 is 0 Å². The molecule has 1 aromatic rings. The van der Waals surface area contributed by atoms with E-state index >= 15 is 0 Å². The van der Waals surface area contributed by atoms with Gasteiger partial charge in [0.1, 0.15) is 0 Å². The second-order valence-electron chi connectivity index (χ2n) is 5.48. The first kappa shape index (κ1) is 16.7. The predicted molar refractivity (Wildman–Crippen MR) is 80.2 cm³/mol. The van der Waals surface area contributed by atoms with E-state index in [2.05, 4.69) is 37.7 Å². The maximum atomic E-state index is 10.5. The van der Waals surface area contributed by atoms with Crippen LogP contribution in [0.5, 0.6) is 0 Å². The van der Waals surface area contributed by atoms with Gasteiger partial charge in [-0.1, -0.05) is 12.1 Å². The molecule has 0 atom stereocenters. The molecule has 0 radical (unpaired) electrons. The summed E-state index contributed by atoms with van der Waals surface area (Å²) in [5.41, 5.74) is -0.228. The standard InChI is InChI=1S/C8H6O4.C7H14N2/c9-7(10)5-3-1-2-4-6(5)8(11)12;1-6-8-7(2,3)5-9(6)4/h1-4H,(H,9,10)(H,11,12);5H2,1-4H3. The van der Waals surface area contributed by atoms with E-state index in [-0.39, 0.29) is 16.7 Å². The van der Waals surface area contributed by atoms with Crippen LogP contribution in [-0.2, 0) is 0 Å². The minimum atomic E-state index is -1.23. The topological polar surface area (TPSA) is 90.2 Å². The molecule has 1 heterocycles. The van der Waals surface area contributed by atoms with Crippen LogP contribution in [0.15, 0.2) is 29.3 Å². The Morgan fingerprint density at radius 1 is 1.14 bits per heavy atom. The molecule has 2 rings (SSSR count). The molecule has 0 unspecified atom stereocenters. The predicted octanol–water partition coefficient (Wildman–Crippen LogP) is 2.21. The van der Waals surface area contributed by atoms with Crippen LogP contribution in [-0.4, -0.2) is 52.0 Å². The summed E-state index contributed by atoms with van der Waals surface area (Å²) in [7, 11) is 2.08. The van der Waals surface area contributed by atoms with Gasteiger partial charge in [0, 0.05) is 13.6 Å². The van der Waals surface area contributed by atoms with Crippen molar-refractivity contribution in [2.24, 2.45) is 4.99 Å². The third kappa shape index (κ3) is 4.59. The number of nitrogens with zero attached hydrogens (tertiary/aromatic N) is 2. The van der Waals surface area contributed by atoms with Gasteiger partial charge in [0.2, 0.25) is 0 Å². The summed E-state index contributed by atoms with van der Waals surface area (Å²) in [5, 5.41) is 17.1. The average Bonchev–Trinajstić information content (AvgIpc) is 2.61. The number of hydrogen-bond acceptors (Lipinski definition) is 4. The van der Waals surface area contributed by atoms with Crippen molar-refractivity contribution in [3.63, 3.8) is 0 Å². The van der Waals surface area contributed by atoms with Gasteiger partial charge in [-0.2, -0.15) is 0 Å². The van der Waals surface area contributed by atoms with Gasteiger partial charge < -0.3 is 15.1 Å². The van der Waals surface area contributed by atoms with Crippen molar-refractivity contribution in [3.05, 3.63) is 35.4 Å². The summed E-state index contributed by atoms with van der Waals surface area (Å²) < 4.78 is 0. The molecule has 0 amide bonds. The molecule has 0 spiro atoms. The first-order valence-corrected chi connectivity index (χ1v) is 6.47. The Bertz CT molecular complexity index is 546. The van der Waals surface area contributed by atoms with Gasteiger partial charge >= 0.3 is 11.9 Å². The number of benzene rings is 1. The van der Waals surface area contributed by atoms with Crippen molar-refractivity contribution < 1.29 is 19.8 Å². The van der Waals surface area contributed by atoms with Gasteiger partial charge in [-0.05, 0) is 32.9 Å². The van der Waals surface area contributed by atoms with E-state index in [1.807, 2.05) is 0 Å². The van der Waals surface area contributed by atoms with Gasteiger partial charge in [-0.15, -0.1) is 0 Å². The summed E-state index contributed by atoms with van der Waals surface area (Å²) in [6.07, 6.45) is 0. The van der Waals surface area contributed by atoms with E-state index in [4.69, 9.17) is 10.2 Å². The number of carboxylic acids is 2. The van der Waals surface area contributed by atoms with Gasteiger partial charge in [0.05, 0.1) is 22.5 Å². The lowest BCUT2D eigenvalue weighted by Gasteiger charge is -2.15. The quantitative estimate of drug-likeness (QED) is 0.872. The Hall–Kier alpha value is -2.37. The molecule has 1 aliphatic heterocycles. The van der Waals surface area contributed by atoms with Crippen molar-refractivity contribution in [3.8, 4) is 0 Å². The Balaban J connectivity index is 0.000000219. The Labute approximate surface area is 123 Å². The molecule has 0 aliphatic carbocycles. The SMILES string of the molecule is CC1=NC(C)(C)CN1C.O=C(O)c1ccccc1C(=O)O. The highest BCUT2D eigenvalue weighted by Gasteiger charge is 2.25. The van der Waals surface area contributed by atoms with E-state index < -0.39 is 11.9 Å². The lowest BCUT2D eigenvalue weighted by molar-refractivity contribution is 0.0651. The first-order valence-electron chi connectivity index (χ1n) is 6.47. The smallest absolute Gasteiger partial charge is 0.336 e. The van der Waals surface area contributed by atoms with E-state index in [1.54, 1.807) is 0 Å². The molecule has 0 saturated heterocycles. The number of hydrogen-bond donors (Lipinski definition) is 2.